The van der Waals surface area contributed by atoms with Gasteiger partial charge in [0, 0.05) is 6.07 Å². The van der Waals surface area contributed by atoms with Gasteiger partial charge in [-0.3, -0.25) is 19.7 Å². The fraction of sp³-hybridized carbons (Fsp3) is 0.200. The molecule has 11 nitrogen and oxygen atoms in total. The van der Waals surface area contributed by atoms with E-state index in [-0.39, 0.29) is 29.4 Å². The number of nitro groups is 1. The van der Waals surface area contributed by atoms with Gasteiger partial charge in [-0.15, -0.1) is 0 Å². The van der Waals surface area contributed by atoms with Crippen LogP contribution in [0.2, 0.25) is 0 Å². The first kappa shape index (κ1) is 24.6. The lowest BCUT2D eigenvalue weighted by atomic mass is 10.0. The highest BCUT2D eigenvalue weighted by atomic mass is 16.6. The van der Waals surface area contributed by atoms with Crippen LogP contribution in [0.1, 0.15) is 28.8 Å². The van der Waals surface area contributed by atoms with Crippen molar-refractivity contribution in [1.82, 2.24) is 10.6 Å². The average molecular weight is 492 g/mol. The molecule has 2 amide bonds. The number of nitro benzene ring substituents is 1. The van der Waals surface area contributed by atoms with Gasteiger partial charge in [-0.05, 0) is 53.4 Å². The van der Waals surface area contributed by atoms with E-state index in [0.717, 1.165) is 0 Å². The summed E-state index contributed by atoms with van der Waals surface area (Å²) < 4.78 is 5.76. The largest absolute Gasteiger partial charge is 0.508 e. The zero-order valence-electron chi connectivity index (χ0n) is 19.0. The third kappa shape index (κ3) is 5.43. The minimum absolute atomic E-state index is 0.0143. The fourth-order valence-electron chi connectivity index (χ4n) is 3.93. The van der Waals surface area contributed by atoms with Crippen LogP contribution in [0, 0.1) is 10.1 Å². The first-order valence-electron chi connectivity index (χ1n) is 11.1. The van der Waals surface area contributed by atoms with Crippen LogP contribution in [0.25, 0.3) is 0 Å². The lowest BCUT2D eigenvalue weighted by molar-refractivity contribution is -0.385. The summed E-state index contributed by atoms with van der Waals surface area (Å²) in [6.45, 7) is -0.482. The van der Waals surface area contributed by atoms with Crippen molar-refractivity contribution in [3.05, 3.63) is 93.5 Å². The fourth-order valence-corrected chi connectivity index (χ4v) is 3.93. The molecule has 36 heavy (non-hydrogen) atoms. The van der Waals surface area contributed by atoms with Crippen LogP contribution >= 0.6 is 0 Å². The Hall–Kier alpha value is -4.48. The Balaban J connectivity index is 1.80. The van der Waals surface area contributed by atoms with E-state index < -0.39 is 41.5 Å². The minimum atomic E-state index is -1.24. The van der Waals surface area contributed by atoms with Crippen molar-refractivity contribution in [3.63, 3.8) is 0 Å². The first-order chi connectivity index (χ1) is 17.2. The molecule has 2 heterocycles. The predicted octanol–water partition coefficient (Wildman–Crippen LogP) is 1.98. The molecule has 2 aliphatic heterocycles. The van der Waals surface area contributed by atoms with Gasteiger partial charge in [0.15, 0.2) is 0 Å². The summed E-state index contributed by atoms with van der Waals surface area (Å²) in [6.07, 6.45) is -0.0456. The number of carbonyl (C=O) groups excluding carboxylic acids is 2. The van der Waals surface area contributed by atoms with E-state index in [1.807, 2.05) is 0 Å². The maximum atomic E-state index is 13.3. The monoisotopic (exact) mass is 492 g/mol. The van der Waals surface area contributed by atoms with Crippen molar-refractivity contribution in [3.8, 4) is 17.2 Å². The van der Waals surface area contributed by atoms with E-state index in [0.29, 0.717) is 16.7 Å². The Morgan fingerprint density at radius 2 is 1.75 bits per heavy atom. The number of nitrogens with one attached hydrogen (secondary N) is 2. The summed E-state index contributed by atoms with van der Waals surface area (Å²) in [7, 11) is 0. The van der Waals surface area contributed by atoms with E-state index >= 15 is 0 Å². The maximum Gasteiger partial charge on any atom is 0.311 e. The zero-order valence-corrected chi connectivity index (χ0v) is 19.0. The normalized spacial score (nSPS) is 20.2. The van der Waals surface area contributed by atoms with Crippen LogP contribution in [-0.2, 0) is 16.0 Å². The Kier molecular flexibility index (Phi) is 7.13. The minimum Gasteiger partial charge on any atom is -0.508 e. The molecule has 0 radical (unpaired) electrons. The number of nitrogens with zero attached hydrogens (tertiary/aromatic N) is 1. The Bertz CT molecular complexity index is 1310. The lowest BCUT2D eigenvalue weighted by Crippen LogP contribution is -2.48. The molecule has 5 rings (SSSR count). The number of aliphatic hydroxyl groups excluding tert-OH is 1. The lowest BCUT2D eigenvalue weighted by Gasteiger charge is -2.25. The Morgan fingerprint density at radius 1 is 1.00 bits per heavy atom. The van der Waals surface area contributed by atoms with Crippen LogP contribution in [0.3, 0.4) is 0 Å². The van der Waals surface area contributed by atoms with Crippen molar-refractivity contribution in [2.45, 2.75) is 24.5 Å². The molecule has 0 aliphatic carbocycles. The van der Waals surface area contributed by atoms with Crippen molar-refractivity contribution in [2.24, 2.45) is 5.73 Å². The van der Waals surface area contributed by atoms with Gasteiger partial charge in [0.1, 0.15) is 17.5 Å². The van der Waals surface area contributed by atoms with Crippen LogP contribution in [0.15, 0.2) is 66.7 Å². The molecule has 0 aromatic heterocycles. The van der Waals surface area contributed by atoms with Gasteiger partial charge in [-0.2, -0.15) is 0 Å². The summed E-state index contributed by atoms with van der Waals surface area (Å²) in [4.78, 5) is 37.3. The zero-order chi connectivity index (χ0) is 25.8. The molecule has 4 bridgehead atoms. The molecular formula is C25H24N4O7. The molecule has 0 spiro atoms. The SMILES string of the molecule is N[C@@H]1Cc2ccc(c([N+](=O)[O-])c2)Oc2cccc(c2)[C@H](CO)NC(=O)[C@H](c2cccc(O)c2)NC1=O. The number of benzene rings is 3. The van der Waals surface area contributed by atoms with Crippen LogP contribution in [-0.4, -0.2) is 39.6 Å². The van der Waals surface area contributed by atoms with E-state index in [1.54, 1.807) is 36.4 Å². The van der Waals surface area contributed by atoms with Gasteiger partial charge in [-0.25, -0.2) is 0 Å². The van der Waals surface area contributed by atoms with E-state index in [2.05, 4.69) is 10.6 Å². The number of aromatic hydroxyl groups is 1. The number of phenolic OH excluding ortho intramolecular Hbond substituents is 1. The number of amides is 2. The summed E-state index contributed by atoms with van der Waals surface area (Å²) in [5, 5.41) is 36.9. The number of hydrogen-bond donors (Lipinski definition) is 5. The number of rotatable bonds is 3. The number of nitrogens with two attached hydrogens (primary N) is 1. The smallest absolute Gasteiger partial charge is 0.311 e. The van der Waals surface area contributed by atoms with Crippen LogP contribution in [0.5, 0.6) is 17.2 Å². The average Bonchev–Trinajstić information content (AvgIpc) is 2.85. The van der Waals surface area contributed by atoms with Gasteiger partial charge in [-0.1, -0.05) is 30.3 Å². The summed E-state index contributed by atoms with van der Waals surface area (Å²) in [5.41, 5.74) is 6.96. The molecule has 0 saturated heterocycles. The van der Waals surface area contributed by atoms with Gasteiger partial charge < -0.3 is 31.3 Å². The molecular weight excluding hydrogens is 468 g/mol. The van der Waals surface area contributed by atoms with Gasteiger partial charge >= 0.3 is 5.69 Å². The van der Waals surface area contributed by atoms with E-state index in [9.17, 15) is 29.9 Å². The van der Waals surface area contributed by atoms with Crippen LogP contribution < -0.4 is 21.1 Å². The Labute approximate surface area is 205 Å². The summed E-state index contributed by atoms with van der Waals surface area (Å²) in [6, 6.07) is 13.2. The summed E-state index contributed by atoms with van der Waals surface area (Å²) >= 11 is 0. The number of fused-ring (bicyclic) bond motifs is 9. The number of aliphatic hydroxyl groups is 1. The highest BCUT2D eigenvalue weighted by Crippen LogP contribution is 2.33. The Morgan fingerprint density at radius 3 is 2.47 bits per heavy atom. The number of ether oxygens (including phenoxy) is 1. The summed E-state index contributed by atoms with van der Waals surface area (Å²) in [5.74, 6) is -1.19. The van der Waals surface area contributed by atoms with Crippen molar-refractivity contribution in [2.75, 3.05) is 6.61 Å². The van der Waals surface area contributed by atoms with Crippen molar-refractivity contribution in [1.29, 1.82) is 0 Å². The molecule has 3 aromatic carbocycles. The molecule has 3 atom stereocenters. The molecule has 0 unspecified atom stereocenters. The van der Waals surface area contributed by atoms with Gasteiger partial charge in [0.25, 0.3) is 0 Å². The standard InChI is InChI=1S/C25H24N4O7/c26-19-9-14-7-8-22(21(10-14)29(34)35)36-18-6-2-3-15(12-18)20(13-30)27-25(33)23(28-24(19)32)16-4-1-5-17(31)11-16/h1-8,10-12,19-20,23,30-31H,9,13,26H2,(H,27,33)(H,28,32)/t19-,20+,23+/m1/s1. The predicted molar refractivity (Wildman–Crippen MR) is 128 cm³/mol. The molecule has 11 heteroatoms. The van der Waals surface area contributed by atoms with E-state index in [1.165, 1.54) is 30.3 Å². The van der Waals surface area contributed by atoms with Crippen molar-refractivity contribution < 1.29 is 29.5 Å². The molecule has 186 valence electrons. The van der Waals surface area contributed by atoms with Crippen LogP contribution in [0.4, 0.5) is 5.69 Å². The molecule has 2 aliphatic rings. The van der Waals surface area contributed by atoms with Crippen molar-refractivity contribution >= 4 is 17.5 Å². The first-order valence-corrected chi connectivity index (χ1v) is 11.1. The second kappa shape index (κ2) is 10.4. The molecule has 0 fully saturated rings. The highest BCUT2D eigenvalue weighted by molar-refractivity contribution is 5.91. The third-order valence-corrected chi connectivity index (χ3v) is 5.75. The van der Waals surface area contributed by atoms with Gasteiger partial charge in [0.2, 0.25) is 17.6 Å². The number of phenols is 1. The third-order valence-electron chi connectivity index (χ3n) is 5.75. The highest BCUT2D eigenvalue weighted by Gasteiger charge is 2.29. The maximum absolute atomic E-state index is 13.3. The second-order valence-electron chi connectivity index (χ2n) is 8.32. The molecule has 3 aromatic rings. The quantitative estimate of drug-likeness (QED) is 0.272. The number of hydrogen-bond acceptors (Lipinski definition) is 8. The molecule has 0 saturated carbocycles. The second-order valence-corrected chi connectivity index (χ2v) is 8.32. The van der Waals surface area contributed by atoms with E-state index in [4.69, 9.17) is 10.5 Å². The topological polar surface area (TPSA) is 177 Å². The molecule has 6 N–H and O–H groups in total. The number of carbonyl (C=O) groups is 2. The van der Waals surface area contributed by atoms with Gasteiger partial charge in [0.05, 0.1) is 23.6 Å².